The first kappa shape index (κ1) is 38.6. The monoisotopic (exact) mass is 738 g/mol. The van der Waals surface area contributed by atoms with Crippen LogP contribution >= 0.6 is 0 Å². The van der Waals surface area contributed by atoms with Crippen molar-refractivity contribution < 1.29 is 41.9 Å². The quantitative estimate of drug-likeness (QED) is 0.177. The summed E-state index contributed by atoms with van der Waals surface area (Å²) < 4.78 is 65.3. The van der Waals surface area contributed by atoms with Crippen LogP contribution in [0.2, 0.25) is 0 Å². The summed E-state index contributed by atoms with van der Waals surface area (Å²) >= 11 is 0. The Morgan fingerprint density at radius 1 is 0.904 bits per heavy atom. The van der Waals surface area contributed by atoms with Gasteiger partial charge in [-0.2, -0.15) is 4.31 Å². The molecule has 11 nitrogen and oxygen atoms in total. The Labute approximate surface area is 308 Å². The molecule has 0 spiro atoms. The Kier molecular flexibility index (Phi) is 13.3. The lowest BCUT2D eigenvalue weighted by molar-refractivity contribution is -0.0997. The molecule has 2 aliphatic heterocycles. The number of ether oxygens (including phenoxy) is 6. The fourth-order valence-corrected chi connectivity index (χ4v) is 8.83. The van der Waals surface area contributed by atoms with Crippen molar-refractivity contribution in [1.29, 1.82) is 0 Å². The number of hydrogen-bond acceptors (Lipinski definition) is 10. The molecule has 1 saturated carbocycles. The zero-order chi connectivity index (χ0) is 36.7. The molecule has 3 aliphatic rings. The summed E-state index contributed by atoms with van der Waals surface area (Å²) in [7, 11) is 1.09. The molecule has 1 saturated heterocycles. The average molecular weight is 739 g/mol. The van der Waals surface area contributed by atoms with E-state index in [0.717, 1.165) is 66.0 Å². The first-order valence-corrected chi connectivity index (χ1v) is 19.7. The van der Waals surface area contributed by atoms with Gasteiger partial charge in [-0.25, -0.2) is 8.42 Å². The van der Waals surface area contributed by atoms with E-state index in [2.05, 4.69) is 35.2 Å². The topological polar surface area (TPSA) is 116 Å². The van der Waals surface area contributed by atoms with Gasteiger partial charge < -0.3 is 38.4 Å². The molecular formula is C40H54N2O9S. The molecule has 0 aromatic heterocycles. The van der Waals surface area contributed by atoms with Gasteiger partial charge in [0, 0.05) is 53.5 Å². The molecule has 2 fully saturated rings. The number of anilines is 1. The summed E-state index contributed by atoms with van der Waals surface area (Å²) in [6.45, 7) is 5.42. The van der Waals surface area contributed by atoms with Gasteiger partial charge in [0.15, 0.2) is 0 Å². The summed E-state index contributed by atoms with van der Waals surface area (Å²) in [4.78, 5) is 2.53. The van der Waals surface area contributed by atoms with Crippen molar-refractivity contribution in [3.8, 4) is 5.75 Å². The van der Waals surface area contributed by atoms with Crippen molar-refractivity contribution in [1.82, 2.24) is 4.31 Å². The normalized spacial score (nSPS) is 22.1. The third-order valence-corrected chi connectivity index (χ3v) is 12.1. The van der Waals surface area contributed by atoms with E-state index in [4.69, 9.17) is 28.4 Å². The first-order valence-electron chi connectivity index (χ1n) is 18.3. The maximum Gasteiger partial charge on any atom is 0.243 e. The molecule has 3 aromatic carbocycles. The van der Waals surface area contributed by atoms with Crippen molar-refractivity contribution >= 4 is 15.7 Å². The Morgan fingerprint density at radius 3 is 2.31 bits per heavy atom. The van der Waals surface area contributed by atoms with Crippen molar-refractivity contribution in [2.75, 3.05) is 78.8 Å². The lowest BCUT2D eigenvalue weighted by Gasteiger charge is -2.43. The van der Waals surface area contributed by atoms with Crippen LogP contribution in [0.25, 0.3) is 0 Å². The van der Waals surface area contributed by atoms with Gasteiger partial charge >= 0.3 is 0 Å². The van der Waals surface area contributed by atoms with Crippen LogP contribution in [0.1, 0.15) is 53.5 Å². The maximum atomic E-state index is 14.2. The average Bonchev–Trinajstić information content (AvgIpc) is 3.99. The van der Waals surface area contributed by atoms with Gasteiger partial charge in [-0.1, -0.05) is 48.0 Å². The largest absolute Gasteiger partial charge is 0.490 e. The van der Waals surface area contributed by atoms with E-state index in [9.17, 15) is 13.5 Å². The van der Waals surface area contributed by atoms with Crippen LogP contribution in [0.5, 0.6) is 5.75 Å². The Morgan fingerprint density at radius 2 is 1.63 bits per heavy atom. The van der Waals surface area contributed by atoms with E-state index in [1.807, 2.05) is 19.1 Å². The second-order valence-electron chi connectivity index (χ2n) is 14.1. The van der Waals surface area contributed by atoms with Gasteiger partial charge in [-0.3, -0.25) is 0 Å². The summed E-state index contributed by atoms with van der Waals surface area (Å²) in [5.41, 5.74) is 5.03. The Bertz CT molecular complexity index is 1680. The third kappa shape index (κ3) is 9.34. The van der Waals surface area contributed by atoms with E-state index in [0.29, 0.717) is 19.1 Å². The molecule has 1 N–H and O–H groups in total. The van der Waals surface area contributed by atoms with Crippen LogP contribution < -0.4 is 9.64 Å². The highest BCUT2D eigenvalue weighted by atomic mass is 32.2. The van der Waals surface area contributed by atoms with Crippen molar-refractivity contribution in [2.45, 2.75) is 68.0 Å². The third-order valence-electron chi connectivity index (χ3n) is 10.3. The summed E-state index contributed by atoms with van der Waals surface area (Å²) in [5, 5.41) is 10.6. The summed E-state index contributed by atoms with van der Waals surface area (Å²) in [6.07, 6.45) is 1.19. The molecule has 5 atom stereocenters. The molecule has 2 heterocycles. The molecule has 12 heteroatoms. The van der Waals surface area contributed by atoms with Gasteiger partial charge in [0.1, 0.15) is 18.5 Å². The number of aliphatic hydroxyl groups is 1. The van der Waals surface area contributed by atoms with Crippen LogP contribution in [0.4, 0.5) is 5.69 Å². The lowest BCUT2D eigenvalue weighted by atomic mass is 9.84. The summed E-state index contributed by atoms with van der Waals surface area (Å²) in [6, 6.07) is 21.4. The molecule has 284 valence electrons. The van der Waals surface area contributed by atoms with Crippen LogP contribution in [0, 0.1) is 12.8 Å². The number of methoxy groups -OCH3 is 3. The zero-order valence-electron chi connectivity index (χ0n) is 30.8. The predicted molar refractivity (Wildman–Crippen MR) is 198 cm³/mol. The zero-order valence-corrected chi connectivity index (χ0v) is 31.6. The van der Waals surface area contributed by atoms with Gasteiger partial charge in [0.25, 0.3) is 0 Å². The van der Waals surface area contributed by atoms with Crippen LogP contribution in [-0.2, 0) is 40.3 Å². The SMILES string of the molecule is COCCCN1CCOc2ccc(CO[C@H]3CN(S(=O)(=O)c4ccc(C)cc4)C[C@@H](OCC(O)COC)[C@@H]3c3ccc([C@H](OC)C4CC4)cc3)cc21. The number of rotatable bonds is 18. The molecule has 0 bridgehead atoms. The minimum Gasteiger partial charge on any atom is -0.490 e. The molecule has 52 heavy (non-hydrogen) atoms. The number of benzene rings is 3. The fraction of sp³-hybridized carbons (Fsp3) is 0.550. The number of aliphatic hydroxyl groups excluding tert-OH is 1. The minimum absolute atomic E-state index is 0.0185. The van der Waals surface area contributed by atoms with Crippen LogP contribution in [-0.4, -0.2) is 110 Å². The Balaban J connectivity index is 1.32. The fourth-order valence-electron chi connectivity index (χ4n) is 7.37. The van der Waals surface area contributed by atoms with E-state index >= 15 is 0 Å². The molecule has 1 aliphatic carbocycles. The molecule has 3 aromatic rings. The molecule has 0 amide bonds. The molecular weight excluding hydrogens is 685 g/mol. The molecule has 1 unspecified atom stereocenters. The van der Waals surface area contributed by atoms with Crippen LogP contribution in [0.15, 0.2) is 71.6 Å². The smallest absolute Gasteiger partial charge is 0.243 e. The predicted octanol–water partition coefficient (Wildman–Crippen LogP) is 5.09. The lowest BCUT2D eigenvalue weighted by Crippen LogP contribution is -2.54. The highest BCUT2D eigenvalue weighted by molar-refractivity contribution is 7.89. The second kappa shape index (κ2) is 17.8. The van der Waals surface area contributed by atoms with E-state index in [1.54, 1.807) is 38.5 Å². The highest BCUT2D eigenvalue weighted by Crippen LogP contribution is 2.44. The van der Waals surface area contributed by atoms with Gasteiger partial charge in [-0.05, 0) is 73.1 Å². The van der Waals surface area contributed by atoms with Crippen molar-refractivity contribution in [2.24, 2.45) is 5.92 Å². The molecule has 0 radical (unpaired) electrons. The number of hydrogen-bond donors (Lipinski definition) is 1. The number of fused-ring (bicyclic) bond motifs is 1. The number of nitrogens with zero attached hydrogens (tertiary/aromatic N) is 2. The number of piperidine rings is 1. The van der Waals surface area contributed by atoms with Crippen molar-refractivity contribution in [3.63, 3.8) is 0 Å². The maximum absolute atomic E-state index is 14.2. The van der Waals surface area contributed by atoms with E-state index in [-0.39, 0.29) is 49.8 Å². The number of sulfonamides is 1. The first-order chi connectivity index (χ1) is 25.2. The molecule has 6 rings (SSSR count). The summed E-state index contributed by atoms with van der Waals surface area (Å²) in [5.74, 6) is 1.03. The van der Waals surface area contributed by atoms with Gasteiger partial charge in [0.05, 0.1) is 55.3 Å². The van der Waals surface area contributed by atoms with E-state index < -0.39 is 28.3 Å². The second-order valence-corrected chi connectivity index (χ2v) is 16.1. The minimum atomic E-state index is -3.90. The van der Waals surface area contributed by atoms with Crippen molar-refractivity contribution in [3.05, 3.63) is 89.0 Å². The van der Waals surface area contributed by atoms with Crippen LogP contribution in [0.3, 0.4) is 0 Å². The number of aryl methyl sites for hydroxylation is 1. The highest BCUT2D eigenvalue weighted by Gasteiger charge is 2.44. The van der Waals surface area contributed by atoms with Gasteiger partial charge in [0.2, 0.25) is 10.0 Å². The standard InChI is InChI=1S/C40H54N2O9S/c1-28-6-15-34(16-7-28)52(44,45)42-23-37(50-25-29-8-17-36-35(22-29)41(19-21-49-36)18-5-20-46-2)39(38(24-42)51-27-33(43)26-47-3)30-9-11-31(12-10-30)40(48-4)32-13-14-32/h6-12,15-17,22,32-33,37-40,43H,5,13-14,18-21,23-27H2,1-4H3/t33?,37-,38+,39+,40-/m0/s1. The van der Waals surface area contributed by atoms with E-state index in [1.165, 1.54) is 11.4 Å². The Hall–Kier alpha value is -3.07. The van der Waals surface area contributed by atoms with Gasteiger partial charge in [-0.15, -0.1) is 0 Å².